The Morgan fingerprint density at radius 3 is 2.90 bits per heavy atom. The van der Waals surface area contributed by atoms with E-state index in [9.17, 15) is 4.79 Å². The minimum absolute atomic E-state index is 0.272. The molecule has 0 fully saturated rings. The monoisotopic (exact) mass is 330 g/mol. The molecule has 6 heteroatoms. The van der Waals surface area contributed by atoms with Gasteiger partial charge < -0.3 is 10.3 Å². The van der Waals surface area contributed by atoms with Gasteiger partial charge in [0, 0.05) is 11.1 Å². The number of carbonyl (C=O) groups excluding carboxylic acids is 1. The molecule has 0 aliphatic heterocycles. The van der Waals surface area contributed by atoms with E-state index in [-0.39, 0.29) is 11.6 Å². The molecule has 2 aromatic heterocycles. The number of halogens is 1. The van der Waals surface area contributed by atoms with Crippen molar-refractivity contribution in [3.8, 4) is 0 Å². The van der Waals surface area contributed by atoms with Crippen LogP contribution in [0.3, 0.4) is 0 Å². The molecule has 0 saturated carbocycles. The molecule has 3 aromatic rings. The zero-order chi connectivity index (χ0) is 14.1. The van der Waals surface area contributed by atoms with Crippen LogP contribution in [-0.4, -0.2) is 20.9 Å². The molecule has 0 bridgehead atoms. The molecule has 0 saturated heterocycles. The Labute approximate surface area is 123 Å². The summed E-state index contributed by atoms with van der Waals surface area (Å²) < 4.78 is 0.594. The van der Waals surface area contributed by atoms with Gasteiger partial charge in [-0.2, -0.15) is 0 Å². The van der Waals surface area contributed by atoms with Crippen molar-refractivity contribution in [2.45, 2.75) is 6.92 Å². The second kappa shape index (κ2) is 5.05. The van der Waals surface area contributed by atoms with Gasteiger partial charge in [0.15, 0.2) is 0 Å². The number of fused-ring (bicyclic) bond motifs is 1. The van der Waals surface area contributed by atoms with Crippen LogP contribution in [0.25, 0.3) is 10.9 Å². The van der Waals surface area contributed by atoms with E-state index in [0.29, 0.717) is 4.60 Å². The van der Waals surface area contributed by atoms with E-state index in [1.165, 1.54) is 12.4 Å². The number of hydrogen-bond donors (Lipinski definition) is 2. The van der Waals surface area contributed by atoms with Crippen molar-refractivity contribution in [3.63, 3.8) is 0 Å². The Bertz CT molecular complexity index is 779. The number of nitrogens with zero attached hydrogens (tertiary/aromatic N) is 2. The van der Waals surface area contributed by atoms with Crippen molar-refractivity contribution in [2.75, 3.05) is 5.32 Å². The highest BCUT2D eigenvalue weighted by atomic mass is 79.9. The largest absolute Gasteiger partial charge is 0.357 e. The van der Waals surface area contributed by atoms with Gasteiger partial charge in [-0.3, -0.25) is 4.79 Å². The summed E-state index contributed by atoms with van der Waals surface area (Å²) in [6, 6.07) is 7.78. The summed E-state index contributed by atoms with van der Waals surface area (Å²) in [6.07, 6.45) is 2.92. The summed E-state index contributed by atoms with van der Waals surface area (Å²) >= 11 is 3.19. The van der Waals surface area contributed by atoms with Crippen LogP contribution in [0.1, 0.15) is 16.2 Å². The van der Waals surface area contributed by atoms with E-state index >= 15 is 0 Å². The van der Waals surface area contributed by atoms with Gasteiger partial charge in [0.25, 0.3) is 5.91 Å². The molecule has 2 N–H and O–H groups in total. The van der Waals surface area contributed by atoms with Crippen LogP contribution in [0.15, 0.2) is 41.3 Å². The lowest BCUT2D eigenvalue weighted by molar-refractivity contribution is 0.102. The van der Waals surface area contributed by atoms with E-state index in [0.717, 1.165) is 22.3 Å². The van der Waals surface area contributed by atoms with E-state index in [1.54, 1.807) is 0 Å². The van der Waals surface area contributed by atoms with Gasteiger partial charge >= 0.3 is 0 Å². The van der Waals surface area contributed by atoms with Crippen LogP contribution in [-0.2, 0) is 0 Å². The van der Waals surface area contributed by atoms with Crippen LogP contribution >= 0.6 is 15.9 Å². The summed E-state index contributed by atoms with van der Waals surface area (Å²) in [5.41, 5.74) is 2.95. The molecule has 0 spiro atoms. The fourth-order valence-electron chi connectivity index (χ4n) is 2.02. The van der Waals surface area contributed by atoms with Crippen molar-refractivity contribution >= 4 is 38.4 Å². The van der Waals surface area contributed by atoms with Gasteiger partial charge in [-0.1, -0.05) is 12.1 Å². The smallest absolute Gasteiger partial charge is 0.275 e. The predicted molar refractivity (Wildman–Crippen MR) is 80.7 cm³/mol. The third-order valence-corrected chi connectivity index (χ3v) is 3.30. The van der Waals surface area contributed by atoms with Crippen molar-refractivity contribution in [3.05, 3.63) is 52.7 Å². The average Bonchev–Trinajstić information content (AvgIpc) is 2.81. The number of aromatic nitrogens is 3. The number of aryl methyl sites for hydroxylation is 1. The molecule has 0 unspecified atom stereocenters. The maximum atomic E-state index is 12.1. The first-order chi connectivity index (χ1) is 9.63. The summed E-state index contributed by atoms with van der Waals surface area (Å²) in [5, 5.41) is 3.90. The van der Waals surface area contributed by atoms with Crippen molar-refractivity contribution in [2.24, 2.45) is 0 Å². The SMILES string of the molecule is Cc1cc2cccc(NC(=O)c3cnc(Br)cn3)c2[nH]1. The Kier molecular flexibility index (Phi) is 3.23. The number of benzene rings is 1. The highest BCUT2D eigenvalue weighted by Gasteiger charge is 2.11. The number of H-pyrrole nitrogens is 1. The molecule has 5 nitrogen and oxygen atoms in total. The molecule has 0 atom stereocenters. The van der Waals surface area contributed by atoms with Crippen LogP contribution in [0.4, 0.5) is 5.69 Å². The molecule has 0 aliphatic rings. The molecule has 0 aliphatic carbocycles. The molecular formula is C14H11BrN4O. The first-order valence-electron chi connectivity index (χ1n) is 6.01. The Balaban J connectivity index is 1.93. The number of carbonyl (C=O) groups is 1. The normalized spacial score (nSPS) is 10.7. The van der Waals surface area contributed by atoms with E-state index < -0.39 is 0 Å². The summed E-state index contributed by atoms with van der Waals surface area (Å²) in [4.78, 5) is 23.4. The topological polar surface area (TPSA) is 70.7 Å². The first-order valence-corrected chi connectivity index (χ1v) is 6.80. The van der Waals surface area contributed by atoms with Crippen molar-refractivity contribution in [1.82, 2.24) is 15.0 Å². The first kappa shape index (κ1) is 12.8. The third kappa shape index (κ3) is 2.42. The molecular weight excluding hydrogens is 320 g/mol. The lowest BCUT2D eigenvalue weighted by Crippen LogP contribution is -2.14. The summed E-state index contributed by atoms with van der Waals surface area (Å²) in [7, 11) is 0. The number of nitrogens with one attached hydrogen (secondary N) is 2. The number of hydrogen-bond acceptors (Lipinski definition) is 3. The molecule has 100 valence electrons. The summed E-state index contributed by atoms with van der Waals surface area (Å²) in [6.45, 7) is 1.98. The molecule has 20 heavy (non-hydrogen) atoms. The van der Waals surface area contributed by atoms with Gasteiger partial charge in [-0.25, -0.2) is 9.97 Å². The lowest BCUT2D eigenvalue weighted by atomic mass is 10.2. The van der Waals surface area contributed by atoms with Crippen LogP contribution in [0.5, 0.6) is 0 Å². The molecule has 1 aromatic carbocycles. The molecule has 2 heterocycles. The van der Waals surface area contributed by atoms with Gasteiger partial charge in [0.2, 0.25) is 0 Å². The number of rotatable bonds is 2. The Morgan fingerprint density at radius 1 is 1.30 bits per heavy atom. The maximum Gasteiger partial charge on any atom is 0.275 e. The standard InChI is InChI=1S/C14H11BrN4O/c1-8-5-9-3-2-4-10(13(9)18-8)19-14(20)11-6-17-12(15)7-16-11/h2-7,18H,1H3,(H,19,20). The Morgan fingerprint density at radius 2 is 2.15 bits per heavy atom. The van der Waals surface area contributed by atoms with Crippen LogP contribution < -0.4 is 5.32 Å². The highest BCUT2D eigenvalue weighted by molar-refractivity contribution is 9.10. The van der Waals surface area contributed by atoms with Gasteiger partial charge in [0.1, 0.15) is 10.3 Å². The average molecular weight is 331 g/mol. The predicted octanol–water partition coefficient (Wildman–Crippen LogP) is 3.28. The lowest BCUT2D eigenvalue weighted by Gasteiger charge is -2.05. The molecule has 0 radical (unpaired) electrons. The van der Waals surface area contributed by atoms with Crippen LogP contribution in [0.2, 0.25) is 0 Å². The zero-order valence-electron chi connectivity index (χ0n) is 10.6. The Hall–Kier alpha value is -2.21. The van der Waals surface area contributed by atoms with E-state index in [2.05, 4.69) is 36.2 Å². The van der Waals surface area contributed by atoms with Gasteiger partial charge in [-0.05, 0) is 35.0 Å². The van der Waals surface area contributed by atoms with Crippen LogP contribution in [0, 0.1) is 6.92 Å². The second-order valence-corrected chi connectivity index (χ2v) is 5.21. The van der Waals surface area contributed by atoms with E-state index in [1.807, 2.05) is 31.2 Å². The fraction of sp³-hybridized carbons (Fsp3) is 0.0714. The van der Waals surface area contributed by atoms with Crippen molar-refractivity contribution in [1.29, 1.82) is 0 Å². The molecule has 3 rings (SSSR count). The molecule has 1 amide bonds. The highest BCUT2D eigenvalue weighted by Crippen LogP contribution is 2.23. The third-order valence-electron chi connectivity index (χ3n) is 2.89. The minimum Gasteiger partial charge on any atom is -0.357 e. The number of anilines is 1. The fourth-order valence-corrected chi connectivity index (χ4v) is 2.22. The van der Waals surface area contributed by atoms with E-state index in [4.69, 9.17) is 0 Å². The quantitative estimate of drug-likeness (QED) is 0.757. The maximum absolute atomic E-state index is 12.1. The zero-order valence-corrected chi connectivity index (χ0v) is 12.2. The van der Waals surface area contributed by atoms with Gasteiger partial charge in [-0.15, -0.1) is 0 Å². The number of amides is 1. The number of para-hydroxylation sites is 1. The second-order valence-electron chi connectivity index (χ2n) is 4.40. The summed E-state index contributed by atoms with van der Waals surface area (Å²) in [5.74, 6) is -0.287. The van der Waals surface area contributed by atoms with Gasteiger partial charge in [0.05, 0.1) is 23.6 Å². The number of aromatic amines is 1. The minimum atomic E-state index is -0.287. The van der Waals surface area contributed by atoms with Crippen molar-refractivity contribution < 1.29 is 4.79 Å².